The maximum absolute atomic E-state index is 12.8. The van der Waals surface area contributed by atoms with Crippen molar-refractivity contribution in [3.8, 4) is 0 Å². The van der Waals surface area contributed by atoms with E-state index in [0.29, 0.717) is 24.2 Å². The van der Waals surface area contributed by atoms with Crippen molar-refractivity contribution in [2.45, 2.75) is 32.9 Å². The number of carbonyl (C=O) groups excluding carboxylic acids is 2. The molecule has 0 spiro atoms. The maximum atomic E-state index is 12.8. The van der Waals surface area contributed by atoms with Crippen LogP contribution >= 0.6 is 0 Å². The average molecular weight is 377 g/mol. The van der Waals surface area contributed by atoms with Gasteiger partial charge in [-0.1, -0.05) is 12.1 Å². The second-order valence-corrected chi connectivity index (χ2v) is 7.63. The van der Waals surface area contributed by atoms with Crippen molar-refractivity contribution in [2.75, 3.05) is 33.7 Å². The number of esters is 1. The van der Waals surface area contributed by atoms with Crippen LogP contribution in [0.4, 0.5) is 0 Å². The minimum absolute atomic E-state index is 0.172. The Kier molecular flexibility index (Phi) is 6.43. The van der Waals surface area contributed by atoms with E-state index in [1.807, 2.05) is 19.0 Å². The number of para-hydroxylation sites is 2. The Hall–Kier alpha value is -2.61. The normalized spacial score (nSPS) is 11.8. The molecule has 0 aliphatic heterocycles. The van der Waals surface area contributed by atoms with Crippen LogP contribution in [0.2, 0.25) is 0 Å². The van der Waals surface area contributed by atoms with E-state index in [2.05, 4.69) is 0 Å². The summed E-state index contributed by atoms with van der Waals surface area (Å²) in [6.07, 6.45) is 0. The van der Waals surface area contributed by atoms with E-state index in [4.69, 9.17) is 9.15 Å². The molecule has 27 heavy (non-hydrogen) atoms. The van der Waals surface area contributed by atoms with Crippen LogP contribution in [0, 0.1) is 0 Å². The molecule has 2 aromatic rings. The largest absolute Gasteiger partial charge is 0.459 e. The second-order valence-electron chi connectivity index (χ2n) is 7.63. The third-order valence-electron chi connectivity index (χ3n) is 3.78. The Morgan fingerprint density at radius 2 is 1.81 bits per heavy atom. The number of aromatic nitrogens is 1. The van der Waals surface area contributed by atoms with E-state index >= 15 is 0 Å². The third-order valence-corrected chi connectivity index (χ3v) is 3.78. The maximum Gasteiger partial charge on any atom is 0.420 e. The fourth-order valence-electron chi connectivity index (χ4n) is 2.54. The molecular formula is C19H27N3O5. The van der Waals surface area contributed by atoms with Gasteiger partial charge in [-0.05, 0) is 47.0 Å². The molecule has 0 radical (unpaired) electrons. The van der Waals surface area contributed by atoms with Gasteiger partial charge in [-0.15, -0.1) is 0 Å². The molecule has 8 heteroatoms. The number of nitrogens with zero attached hydrogens (tertiary/aromatic N) is 3. The van der Waals surface area contributed by atoms with Crippen LogP contribution in [0.1, 0.15) is 20.8 Å². The van der Waals surface area contributed by atoms with Crippen LogP contribution in [0.5, 0.6) is 0 Å². The Morgan fingerprint density at radius 3 is 2.44 bits per heavy atom. The molecule has 0 atom stereocenters. The number of amides is 1. The zero-order chi connectivity index (χ0) is 20.2. The number of carbonyl (C=O) groups is 2. The van der Waals surface area contributed by atoms with E-state index in [0.717, 1.165) is 0 Å². The van der Waals surface area contributed by atoms with E-state index in [-0.39, 0.29) is 19.0 Å². The lowest BCUT2D eigenvalue weighted by Crippen LogP contribution is -2.44. The van der Waals surface area contributed by atoms with Gasteiger partial charge in [0.2, 0.25) is 5.91 Å². The van der Waals surface area contributed by atoms with E-state index in [9.17, 15) is 14.4 Å². The molecule has 1 heterocycles. The predicted molar refractivity (Wildman–Crippen MR) is 101 cm³/mol. The van der Waals surface area contributed by atoms with Gasteiger partial charge in [0.05, 0.1) is 5.52 Å². The predicted octanol–water partition coefficient (Wildman–Crippen LogP) is 1.33. The number of oxazole rings is 1. The van der Waals surface area contributed by atoms with Gasteiger partial charge in [0.15, 0.2) is 5.58 Å². The van der Waals surface area contributed by atoms with E-state index in [1.165, 1.54) is 9.47 Å². The first kappa shape index (κ1) is 20.7. The quantitative estimate of drug-likeness (QED) is 0.677. The summed E-state index contributed by atoms with van der Waals surface area (Å²) < 4.78 is 11.8. The standard InChI is InChI=1S/C19H27N3O5/c1-19(2,3)27-17(24)13-21(11-10-20(4)5)16(23)12-22-14-8-6-7-9-15(14)26-18(22)25/h6-9H,10-13H2,1-5H3. The zero-order valence-electron chi connectivity index (χ0n) is 16.5. The van der Waals surface area contributed by atoms with Gasteiger partial charge in [0.25, 0.3) is 0 Å². The highest BCUT2D eigenvalue weighted by molar-refractivity contribution is 5.83. The molecule has 1 amide bonds. The Balaban J connectivity index is 2.18. The van der Waals surface area contributed by atoms with E-state index < -0.39 is 17.3 Å². The molecule has 0 bridgehead atoms. The number of benzene rings is 1. The van der Waals surface area contributed by atoms with Gasteiger partial charge in [-0.25, -0.2) is 4.79 Å². The molecule has 0 saturated heterocycles. The summed E-state index contributed by atoms with van der Waals surface area (Å²) in [6, 6.07) is 6.90. The van der Waals surface area contributed by atoms with Gasteiger partial charge in [0.1, 0.15) is 18.7 Å². The molecule has 0 N–H and O–H groups in total. The Labute approximate surface area is 158 Å². The number of rotatable bonds is 7. The molecular weight excluding hydrogens is 350 g/mol. The molecule has 0 unspecified atom stereocenters. The van der Waals surface area contributed by atoms with Crippen LogP contribution in [0.15, 0.2) is 33.5 Å². The van der Waals surface area contributed by atoms with Crippen molar-refractivity contribution in [1.82, 2.24) is 14.4 Å². The summed E-state index contributed by atoms with van der Waals surface area (Å²) in [5.74, 6) is -1.44. The Morgan fingerprint density at radius 1 is 1.15 bits per heavy atom. The van der Waals surface area contributed by atoms with Gasteiger partial charge < -0.3 is 19.0 Å². The van der Waals surface area contributed by atoms with Crippen LogP contribution < -0.4 is 5.76 Å². The fourth-order valence-corrected chi connectivity index (χ4v) is 2.54. The van der Waals surface area contributed by atoms with Crippen molar-refractivity contribution in [1.29, 1.82) is 0 Å². The van der Waals surface area contributed by atoms with Crippen LogP contribution in [0.25, 0.3) is 11.1 Å². The summed E-state index contributed by atoms with van der Waals surface area (Å²) in [5.41, 5.74) is 0.327. The fraction of sp³-hybridized carbons (Fsp3) is 0.526. The first-order valence-corrected chi connectivity index (χ1v) is 8.79. The van der Waals surface area contributed by atoms with Crippen molar-refractivity contribution in [2.24, 2.45) is 0 Å². The van der Waals surface area contributed by atoms with Crippen molar-refractivity contribution < 1.29 is 18.7 Å². The highest BCUT2D eigenvalue weighted by Gasteiger charge is 2.23. The number of fused-ring (bicyclic) bond motifs is 1. The first-order valence-electron chi connectivity index (χ1n) is 8.79. The highest BCUT2D eigenvalue weighted by atomic mass is 16.6. The van der Waals surface area contributed by atoms with Gasteiger partial charge in [-0.2, -0.15) is 0 Å². The van der Waals surface area contributed by atoms with Gasteiger partial charge in [0, 0.05) is 13.1 Å². The number of hydrogen-bond acceptors (Lipinski definition) is 6. The van der Waals surface area contributed by atoms with Crippen molar-refractivity contribution >= 4 is 23.0 Å². The lowest BCUT2D eigenvalue weighted by molar-refractivity contribution is -0.159. The smallest absolute Gasteiger partial charge is 0.420 e. The molecule has 0 fully saturated rings. The SMILES string of the molecule is CN(C)CCN(CC(=O)OC(C)(C)C)C(=O)Cn1c(=O)oc2ccccc21. The molecule has 1 aromatic carbocycles. The monoisotopic (exact) mass is 377 g/mol. The molecule has 8 nitrogen and oxygen atoms in total. The first-order chi connectivity index (χ1) is 12.6. The zero-order valence-corrected chi connectivity index (χ0v) is 16.5. The summed E-state index contributed by atoms with van der Waals surface area (Å²) in [6.45, 7) is 5.86. The summed E-state index contributed by atoms with van der Waals surface area (Å²) in [7, 11) is 3.76. The lowest BCUT2D eigenvalue weighted by Gasteiger charge is -2.26. The molecule has 0 aliphatic rings. The van der Waals surface area contributed by atoms with E-state index in [1.54, 1.807) is 45.0 Å². The van der Waals surface area contributed by atoms with Crippen molar-refractivity contribution in [3.05, 3.63) is 34.8 Å². The second kappa shape index (κ2) is 8.39. The lowest BCUT2D eigenvalue weighted by atomic mass is 10.2. The third kappa shape index (κ3) is 5.96. The van der Waals surface area contributed by atoms with Gasteiger partial charge >= 0.3 is 11.7 Å². The van der Waals surface area contributed by atoms with Gasteiger partial charge in [-0.3, -0.25) is 14.2 Å². The molecule has 0 aliphatic carbocycles. The van der Waals surface area contributed by atoms with Crippen LogP contribution in [-0.4, -0.2) is 65.6 Å². The molecule has 1 aromatic heterocycles. The minimum Gasteiger partial charge on any atom is -0.459 e. The molecule has 0 saturated carbocycles. The number of hydrogen-bond donors (Lipinski definition) is 0. The highest BCUT2D eigenvalue weighted by Crippen LogP contribution is 2.12. The molecule has 148 valence electrons. The number of likely N-dealkylation sites (N-methyl/N-ethyl adjacent to an activating group) is 1. The van der Waals surface area contributed by atoms with Crippen LogP contribution in [0.3, 0.4) is 0 Å². The minimum atomic E-state index is -0.634. The summed E-state index contributed by atoms with van der Waals surface area (Å²) >= 11 is 0. The summed E-state index contributed by atoms with van der Waals surface area (Å²) in [5, 5.41) is 0. The Bertz CT molecular complexity index is 860. The van der Waals surface area contributed by atoms with Crippen LogP contribution in [-0.2, 0) is 20.9 Å². The summed E-state index contributed by atoms with van der Waals surface area (Å²) in [4.78, 5) is 40.4. The average Bonchev–Trinajstić information content (AvgIpc) is 2.85. The number of ether oxygens (including phenoxy) is 1. The van der Waals surface area contributed by atoms with Crippen molar-refractivity contribution in [3.63, 3.8) is 0 Å². The molecule has 2 rings (SSSR count). The topological polar surface area (TPSA) is 85.0 Å².